The normalized spacial score (nSPS) is 14.3. The van der Waals surface area contributed by atoms with E-state index in [9.17, 15) is 24.0 Å². The molecule has 15 heteroatoms. The number of carbonyl (C=O) groups excluding carboxylic acids is 4. The standard InChI is InChI=1S/C16H30N8O7/c1-7(15(30)31)22-13(28)9(3-2-4-21-16(19)20)23-14(29)10(5-11(18)26)24-12(27)8(17)6-25/h7-10,25H,2-6,17H2,1H3,(H2,18,26)(H,22,28)(H,23,29)(H,24,27)(H,30,31)(H4,19,20,21). The summed E-state index contributed by atoms with van der Waals surface area (Å²) in [5, 5.41) is 24.6. The smallest absolute Gasteiger partial charge is 0.325 e. The molecule has 0 saturated heterocycles. The first-order valence-corrected chi connectivity index (χ1v) is 9.23. The van der Waals surface area contributed by atoms with Gasteiger partial charge in [0.15, 0.2) is 5.96 Å². The van der Waals surface area contributed by atoms with E-state index in [-0.39, 0.29) is 25.3 Å². The maximum Gasteiger partial charge on any atom is 0.325 e. The number of aliphatic hydroxyl groups is 1. The number of nitrogens with zero attached hydrogens (tertiary/aromatic N) is 1. The zero-order chi connectivity index (χ0) is 24.1. The van der Waals surface area contributed by atoms with Gasteiger partial charge in [-0.2, -0.15) is 0 Å². The third-order valence-corrected chi connectivity index (χ3v) is 3.88. The molecule has 0 aromatic carbocycles. The van der Waals surface area contributed by atoms with Gasteiger partial charge in [0.25, 0.3) is 0 Å². The van der Waals surface area contributed by atoms with Crippen molar-refractivity contribution >= 4 is 35.6 Å². The topological polar surface area (TPSA) is 278 Å². The van der Waals surface area contributed by atoms with Crippen LogP contribution in [0.2, 0.25) is 0 Å². The quantitative estimate of drug-likeness (QED) is 0.0694. The molecule has 0 aliphatic carbocycles. The van der Waals surface area contributed by atoms with Crippen LogP contribution in [-0.4, -0.2) is 83.1 Å². The van der Waals surface area contributed by atoms with Gasteiger partial charge in [-0.05, 0) is 19.8 Å². The second-order valence-electron chi connectivity index (χ2n) is 6.60. The fourth-order valence-corrected chi connectivity index (χ4v) is 2.19. The lowest BCUT2D eigenvalue weighted by atomic mass is 10.1. The highest BCUT2D eigenvalue weighted by Crippen LogP contribution is 2.03. The van der Waals surface area contributed by atoms with Crippen LogP contribution in [0.3, 0.4) is 0 Å². The summed E-state index contributed by atoms with van der Waals surface area (Å²) in [7, 11) is 0. The lowest BCUT2D eigenvalue weighted by molar-refractivity contribution is -0.142. The zero-order valence-electron chi connectivity index (χ0n) is 17.0. The first-order chi connectivity index (χ1) is 14.4. The van der Waals surface area contributed by atoms with E-state index in [2.05, 4.69) is 20.9 Å². The first-order valence-electron chi connectivity index (χ1n) is 9.23. The Bertz CT molecular complexity index is 695. The number of primary amides is 1. The Morgan fingerprint density at radius 3 is 1.97 bits per heavy atom. The van der Waals surface area contributed by atoms with Crippen LogP contribution in [0.25, 0.3) is 0 Å². The molecule has 31 heavy (non-hydrogen) atoms. The van der Waals surface area contributed by atoms with Gasteiger partial charge in [-0.25, -0.2) is 0 Å². The van der Waals surface area contributed by atoms with E-state index in [0.717, 1.165) is 0 Å². The number of guanidine groups is 1. The van der Waals surface area contributed by atoms with E-state index >= 15 is 0 Å². The van der Waals surface area contributed by atoms with Crippen LogP contribution in [0.4, 0.5) is 0 Å². The SMILES string of the molecule is CC(NC(=O)C(CCCN=C(N)N)NC(=O)C(CC(N)=O)NC(=O)C(N)CO)C(=O)O. The Morgan fingerprint density at radius 2 is 1.48 bits per heavy atom. The number of carbonyl (C=O) groups is 5. The second-order valence-corrected chi connectivity index (χ2v) is 6.60. The molecule has 4 amide bonds. The number of aliphatic imine (C=N–C) groups is 1. The Balaban J connectivity index is 5.40. The van der Waals surface area contributed by atoms with Gasteiger partial charge in [-0.1, -0.05) is 0 Å². The Labute approximate surface area is 178 Å². The third-order valence-electron chi connectivity index (χ3n) is 3.88. The predicted octanol–water partition coefficient (Wildman–Crippen LogP) is -5.21. The third kappa shape index (κ3) is 11.3. The van der Waals surface area contributed by atoms with Gasteiger partial charge >= 0.3 is 5.97 Å². The molecule has 0 fully saturated rings. The number of rotatable bonds is 14. The van der Waals surface area contributed by atoms with Crippen molar-refractivity contribution in [3.63, 3.8) is 0 Å². The van der Waals surface area contributed by atoms with E-state index < -0.39 is 66.8 Å². The molecule has 0 aliphatic rings. The molecule has 4 unspecified atom stereocenters. The predicted molar refractivity (Wildman–Crippen MR) is 108 cm³/mol. The largest absolute Gasteiger partial charge is 0.480 e. The molecular weight excluding hydrogens is 416 g/mol. The fraction of sp³-hybridized carbons (Fsp3) is 0.625. The van der Waals surface area contributed by atoms with Crippen LogP contribution < -0.4 is 38.9 Å². The molecule has 0 radical (unpaired) electrons. The van der Waals surface area contributed by atoms with Crippen LogP contribution in [0.15, 0.2) is 4.99 Å². The summed E-state index contributed by atoms with van der Waals surface area (Å²) in [6.07, 6.45) is -0.363. The zero-order valence-corrected chi connectivity index (χ0v) is 17.0. The maximum atomic E-state index is 12.6. The van der Waals surface area contributed by atoms with Crippen molar-refractivity contribution < 1.29 is 34.2 Å². The second kappa shape index (κ2) is 13.7. The lowest BCUT2D eigenvalue weighted by Gasteiger charge is -2.24. The van der Waals surface area contributed by atoms with E-state index in [1.165, 1.54) is 6.92 Å². The van der Waals surface area contributed by atoms with Crippen LogP contribution in [0, 0.1) is 0 Å². The van der Waals surface area contributed by atoms with Crippen LogP contribution in [0.1, 0.15) is 26.2 Å². The molecule has 13 N–H and O–H groups in total. The summed E-state index contributed by atoms with van der Waals surface area (Å²) in [5.74, 6) is -5.07. The maximum absolute atomic E-state index is 12.6. The first kappa shape index (κ1) is 27.5. The monoisotopic (exact) mass is 446 g/mol. The Kier molecular flexibility index (Phi) is 12.2. The molecule has 0 heterocycles. The molecule has 0 aliphatic heterocycles. The number of carboxylic acid groups (broad SMARTS) is 1. The minimum atomic E-state index is -1.48. The van der Waals surface area contributed by atoms with E-state index in [0.29, 0.717) is 0 Å². The number of aliphatic carboxylic acids is 1. The van der Waals surface area contributed by atoms with Gasteiger partial charge in [0.05, 0.1) is 13.0 Å². The number of hydrogen-bond donors (Lipinski definition) is 9. The van der Waals surface area contributed by atoms with Crippen molar-refractivity contribution in [2.75, 3.05) is 13.2 Å². The summed E-state index contributed by atoms with van der Waals surface area (Å²) in [4.78, 5) is 62.9. The van der Waals surface area contributed by atoms with Gasteiger partial charge in [0, 0.05) is 6.54 Å². The Hall–Kier alpha value is -3.46. The van der Waals surface area contributed by atoms with Crippen molar-refractivity contribution in [1.29, 1.82) is 0 Å². The Morgan fingerprint density at radius 1 is 0.935 bits per heavy atom. The van der Waals surface area contributed by atoms with Gasteiger partial charge in [-0.3, -0.25) is 29.0 Å². The molecule has 176 valence electrons. The summed E-state index contributed by atoms with van der Waals surface area (Å²) in [6, 6.07) is -5.30. The number of carboxylic acids is 1. The molecule has 0 aromatic rings. The molecule has 0 saturated carbocycles. The highest BCUT2D eigenvalue weighted by molar-refractivity contribution is 5.96. The molecule has 0 bridgehead atoms. The van der Waals surface area contributed by atoms with Gasteiger partial charge < -0.3 is 49.1 Å². The van der Waals surface area contributed by atoms with Crippen LogP contribution in [-0.2, 0) is 24.0 Å². The van der Waals surface area contributed by atoms with Gasteiger partial charge in [0.1, 0.15) is 24.2 Å². The summed E-state index contributed by atoms with van der Waals surface area (Å²) in [5.41, 5.74) is 20.9. The van der Waals surface area contributed by atoms with Crippen molar-refractivity contribution in [3.8, 4) is 0 Å². The van der Waals surface area contributed by atoms with Crippen molar-refractivity contribution in [2.24, 2.45) is 27.9 Å². The fourth-order valence-electron chi connectivity index (χ4n) is 2.19. The number of amides is 4. The molecule has 0 rings (SSSR count). The molecule has 4 atom stereocenters. The minimum absolute atomic E-state index is 0.00802. The van der Waals surface area contributed by atoms with E-state index in [1.807, 2.05) is 0 Å². The van der Waals surface area contributed by atoms with E-state index in [4.69, 9.17) is 33.1 Å². The summed E-state index contributed by atoms with van der Waals surface area (Å²) >= 11 is 0. The van der Waals surface area contributed by atoms with Crippen molar-refractivity contribution in [1.82, 2.24) is 16.0 Å². The number of nitrogens with one attached hydrogen (secondary N) is 3. The number of nitrogens with two attached hydrogens (primary N) is 4. The minimum Gasteiger partial charge on any atom is -0.480 e. The number of aliphatic hydroxyl groups excluding tert-OH is 1. The molecule has 0 spiro atoms. The summed E-state index contributed by atoms with van der Waals surface area (Å²) in [6.45, 7) is 0.647. The molecular formula is C16H30N8O7. The highest BCUT2D eigenvalue weighted by Gasteiger charge is 2.30. The van der Waals surface area contributed by atoms with Crippen molar-refractivity contribution in [3.05, 3.63) is 0 Å². The lowest BCUT2D eigenvalue weighted by Crippen LogP contribution is -2.57. The van der Waals surface area contributed by atoms with Gasteiger partial charge in [-0.15, -0.1) is 0 Å². The average molecular weight is 446 g/mol. The van der Waals surface area contributed by atoms with Crippen LogP contribution in [0.5, 0.6) is 0 Å². The van der Waals surface area contributed by atoms with Crippen LogP contribution >= 0.6 is 0 Å². The molecule has 0 aromatic heterocycles. The number of hydrogen-bond acceptors (Lipinski definition) is 8. The van der Waals surface area contributed by atoms with Gasteiger partial charge in [0.2, 0.25) is 23.6 Å². The average Bonchev–Trinajstić information content (AvgIpc) is 2.67. The molecule has 15 nitrogen and oxygen atoms in total. The summed E-state index contributed by atoms with van der Waals surface area (Å²) < 4.78 is 0. The van der Waals surface area contributed by atoms with Crippen molar-refractivity contribution in [2.45, 2.75) is 50.4 Å². The van der Waals surface area contributed by atoms with E-state index in [1.54, 1.807) is 0 Å². The highest BCUT2D eigenvalue weighted by atomic mass is 16.4.